The average molecular weight is 650 g/mol. The number of amides is 3. The first-order valence-electron chi connectivity index (χ1n) is 17.3. The lowest BCUT2D eigenvalue weighted by Crippen LogP contribution is -2.64. The van der Waals surface area contributed by atoms with E-state index in [4.69, 9.17) is 10.5 Å². The molecule has 0 aromatic carbocycles. The van der Waals surface area contributed by atoms with Gasteiger partial charge in [0.1, 0.15) is 18.2 Å². The fraction of sp³-hybridized carbons (Fsp3) is 0.853. The van der Waals surface area contributed by atoms with Crippen molar-refractivity contribution in [3.8, 4) is 0 Å². The Morgan fingerprint density at radius 3 is 2.02 bits per heavy atom. The minimum absolute atomic E-state index is 0.130. The Balaban J connectivity index is 1.80. The van der Waals surface area contributed by atoms with E-state index in [1.165, 1.54) is 0 Å². The van der Waals surface area contributed by atoms with E-state index in [9.17, 15) is 29.1 Å². The summed E-state index contributed by atoms with van der Waals surface area (Å²) in [5.41, 5.74) is 4.03. The lowest BCUT2D eigenvalue weighted by atomic mass is 9.85. The Hall–Kier alpha value is -2.57. The lowest BCUT2D eigenvalue weighted by molar-refractivity contribution is -0.156. The number of nitrogens with two attached hydrogens (primary N) is 1. The molecule has 6 N–H and O–H groups in total. The van der Waals surface area contributed by atoms with Gasteiger partial charge in [0.15, 0.2) is 6.35 Å². The van der Waals surface area contributed by atoms with Gasteiger partial charge in [0.2, 0.25) is 17.6 Å². The van der Waals surface area contributed by atoms with Crippen molar-refractivity contribution in [1.29, 1.82) is 0 Å². The molecule has 2 saturated carbocycles. The summed E-state index contributed by atoms with van der Waals surface area (Å²) in [4.78, 5) is 67.4. The number of nitrogens with zero attached hydrogens (tertiary/aromatic N) is 1. The number of aliphatic hydroxyl groups excluding tert-OH is 1. The van der Waals surface area contributed by atoms with Crippen LogP contribution in [0.25, 0.3) is 0 Å². The molecule has 12 heteroatoms. The van der Waals surface area contributed by atoms with Crippen LogP contribution in [0.1, 0.15) is 119 Å². The summed E-state index contributed by atoms with van der Waals surface area (Å²) < 4.78 is 5.76. The number of aliphatic hydroxyl groups is 1. The number of unbranched alkanes of at least 4 members (excludes halogenated alkanes) is 1. The van der Waals surface area contributed by atoms with Gasteiger partial charge < -0.3 is 25.8 Å². The van der Waals surface area contributed by atoms with E-state index in [2.05, 4.69) is 22.9 Å². The Bertz CT molecular complexity index is 1090. The number of ketones is 1. The van der Waals surface area contributed by atoms with Crippen LogP contribution in [0.3, 0.4) is 0 Å². The Morgan fingerprint density at radius 2 is 1.50 bits per heavy atom. The van der Waals surface area contributed by atoms with E-state index in [-0.39, 0.29) is 23.8 Å². The monoisotopic (exact) mass is 649 g/mol. The molecule has 262 valence electrons. The Kier molecular flexibility index (Phi) is 13.2. The molecule has 12 nitrogen and oxygen atoms in total. The smallest absolute Gasteiger partial charge is 0.324 e. The first kappa shape index (κ1) is 37.9. The van der Waals surface area contributed by atoms with Crippen LogP contribution in [0, 0.1) is 22.7 Å². The molecule has 0 spiro atoms. The summed E-state index contributed by atoms with van der Waals surface area (Å²) >= 11 is 0. The van der Waals surface area contributed by atoms with E-state index in [0.29, 0.717) is 19.4 Å². The molecule has 0 aromatic heterocycles. The molecule has 3 rings (SSSR count). The number of carbonyl (C=O) groups excluding carboxylic acids is 5. The highest BCUT2D eigenvalue weighted by atomic mass is 16.5. The van der Waals surface area contributed by atoms with Gasteiger partial charge >= 0.3 is 5.97 Å². The number of likely N-dealkylation sites (tertiary alicyclic amines) is 1. The molecule has 46 heavy (non-hydrogen) atoms. The van der Waals surface area contributed by atoms with Gasteiger partial charge in [0.25, 0.3) is 5.91 Å². The SMILES string of the molecule is CCCC[C@H]1CCN(C(=O)[C@@H](NC(O)N[C@H](C(=O)OC2CCCC2)C(C)(C)C)C(C)(C)C)[C@@H]1C(=O)NC(CC1CC1)C(=O)C(N)=O. The third-order valence-corrected chi connectivity index (χ3v) is 9.59. The van der Waals surface area contributed by atoms with Crippen LogP contribution in [-0.2, 0) is 28.7 Å². The quantitative estimate of drug-likeness (QED) is 0.0954. The standard InChI is InChI=1S/C34H59N5O7/c1-8-9-12-21-17-18-39(24(21)29(42)36-23(19-20-15-16-20)25(40)28(35)41)30(43)26(33(2,3)4)37-32(45)38-27(34(5,6)7)31(44)46-22-13-10-11-14-22/h20-24,26-27,32,37-38,45H,8-19H2,1-7H3,(H2,35,41)(H,36,42)/t21-,23?,24-,26+,27+,32?/m0/s1. The zero-order valence-electron chi connectivity index (χ0n) is 29.0. The van der Waals surface area contributed by atoms with Gasteiger partial charge in [-0.3, -0.25) is 34.6 Å². The third kappa shape index (κ3) is 10.5. The lowest BCUT2D eigenvalue weighted by Gasteiger charge is -2.39. The van der Waals surface area contributed by atoms with Crippen LogP contribution >= 0.6 is 0 Å². The van der Waals surface area contributed by atoms with Gasteiger partial charge in [-0.1, -0.05) is 74.1 Å². The molecule has 1 aliphatic heterocycles. The molecule has 3 fully saturated rings. The molecule has 2 aliphatic carbocycles. The number of nitrogens with one attached hydrogen (secondary N) is 3. The maximum Gasteiger partial charge on any atom is 0.324 e. The number of ether oxygens (including phenoxy) is 1. The van der Waals surface area contributed by atoms with Crippen LogP contribution in [-0.4, -0.2) is 82.6 Å². The van der Waals surface area contributed by atoms with Crippen LogP contribution in [0.4, 0.5) is 0 Å². The second-order valence-corrected chi connectivity index (χ2v) is 15.8. The molecule has 0 bridgehead atoms. The topological polar surface area (TPSA) is 180 Å². The van der Waals surface area contributed by atoms with Crippen molar-refractivity contribution in [1.82, 2.24) is 20.9 Å². The largest absolute Gasteiger partial charge is 0.461 e. The number of hydrogen-bond acceptors (Lipinski definition) is 9. The maximum atomic E-state index is 14.3. The molecule has 2 unspecified atom stereocenters. The first-order valence-corrected chi connectivity index (χ1v) is 17.3. The fourth-order valence-corrected chi connectivity index (χ4v) is 6.71. The zero-order valence-corrected chi connectivity index (χ0v) is 29.0. The number of Topliss-reactive ketones (excluding diaryl/α,β-unsaturated/α-hetero) is 1. The molecule has 6 atom stereocenters. The second kappa shape index (κ2) is 16.0. The summed E-state index contributed by atoms with van der Waals surface area (Å²) in [6.45, 7) is 13.6. The summed E-state index contributed by atoms with van der Waals surface area (Å²) in [7, 11) is 0. The summed E-state index contributed by atoms with van der Waals surface area (Å²) in [5, 5.41) is 20.0. The molecule has 1 heterocycles. The van der Waals surface area contributed by atoms with E-state index in [0.717, 1.165) is 57.8 Å². The number of hydrogen-bond donors (Lipinski definition) is 5. The number of esters is 1. The van der Waals surface area contributed by atoms with Crippen molar-refractivity contribution in [2.45, 2.75) is 156 Å². The summed E-state index contributed by atoms with van der Waals surface area (Å²) in [6, 6.07) is -3.65. The fourth-order valence-electron chi connectivity index (χ4n) is 6.71. The van der Waals surface area contributed by atoms with Crippen LogP contribution < -0.4 is 21.7 Å². The van der Waals surface area contributed by atoms with Crippen LogP contribution in [0.5, 0.6) is 0 Å². The molecule has 3 aliphatic rings. The Labute approximate surface area is 274 Å². The Morgan fingerprint density at radius 1 is 0.913 bits per heavy atom. The van der Waals surface area contributed by atoms with Gasteiger partial charge in [0.05, 0.1) is 12.1 Å². The van der Waals surface area contributed by atoms with Crippen molar-refractivity contribution in [3.05, 3.63) is 0 Å². The van der Waals surface area contributed by atoms with Crippen molar-refractivity contribution >= 4 is 29.5 Å². The molecular formula is C34H59N5O7. The van der Waals surface area contributed by atoms with Crippen molar-refractivity contribution in [2.75, 3.05) is 6.54 Å². The normalized spacial score (nSPS) is 23.4. The predicted octanol–water partition coefficient (Wildman–Crippen LogP) is 2.50. The second-order valence-electron chi connectivity index (χ2n) is 15.8. The molecule has 0 aromatic rings. The zero-order chi connectivity index (χ0) is 34.4. The van der Waals surface area contributed by atoms with Gasteiger partial charge in [0, 0.05) is 6.54 Å². The molecular weight excluding hydrogens is 590 g/mol. The minimum Gasteiger partial charge on any atom is -0.461 e. The van der Waals surface area contributed by atoms with E-state index in [1.54, 1.807) is 4.90 Å². The average Bonchev–Trinajstić information content (AvgIpc) is 3.43. The molecule has 3 amide bonds. The maximum absolute atomic E-state index is 14.3. The third-order valence-electron chi connectivity index (χ3n) is 9.59. The van der Waals surface area contributed by atoms with Crippen LogP contribution in [0.2, 0.25) is 0 Å². The highest BCUT2D eigenvalue weighted by Gasteiger charge is 2.47. The van der Waals surface area contributed by atoms with Crippen molar-refractivity contribution in [3.63, 3.8) is 0 Å². The van der Waals surface area contributed by atoms with E-state index >= 15 is 0 Å². The van der Waals surface area contributed by atoms with Gasteiger partial charge in [-0.05, 0) is 67.6 Å². The number of rotatable bonds is 16. The summed E-state index contributed by atoms with van der Waals surface area (Å²) in [5.74, 6) is -3.08. The van der Waals surface area contributed by atoms with Crippen molar-refractivity contribution < 1.29 is 33.8 Å². The van der Waals surface area contributed by atoms with Gasteiger partial charge in [-0.25, -0.2) is 0 Å². The van der Waals surface area contributed by atoms with Crippen molar-refractivity contribution in [2.24, 2.45) is 28.4 Å². The van der Waals surface area contributed by atoms with Gasteiger partial charge in [-0.15, -0.1) is 0 Å². The van der Waals surface area contributed by atoms with Gasteiger partial charge in [-0.2, -0.15) is 0 Å². The van der Waals surface area contributed by atoms with E-state index < -0.39 is 64.9 Å². The highest BCUT2D eigenvalue weighted by molar-refractivity contribution is 6.37. The van der Waals surface area contributed by atoms with Crippen LogP contribution in [0.15, 0.2) is 0 Å². The first-order chi connectivity index (χ1) is 21.4. The predicted molar refractivity (Wildman–Crippen MR) is 174 cm³/mol. The highest BCUT2D eigenvalue weighted by Crippen LogP contribution is 2.35. The number of primary amides is 1. The molecule has 0 radical (unpaired) electrons. The van der Waals surface area contributed by atoms with E-state index in [1.807, 2.05) is 41.5 Å². The minimum atomic E-state index is -1.43. The summed E-state index contributed by atoms with van der Waals surface area (Å²) in [6.07, 6.45) is 7.44. The molecule has 1 saturated heterocycles. The number of carbonyl (C=O) groups is 5.